The summed E-state index contributed by atoms with van der Waals surface area (Å²) in [7, 11) is 3.25. The van der Waals surface area contributed by atoms with Gasteiger partial charge in [-0.1, -0.05) is 0 Å². The average Bonchev–Trinajstić information content (AvgIpc) is 2.83. The molecule has 1 unspecified atom stereocenters. The molecule has 0 saturated heterocycles. The van der Waals surface area contributed by atoms with E-state index in [1.807, 2.05) is 30.5 Å². The maximum Gasteiger partial charge on any atom is 0.122 e. The zero-order valence-electron chi connectivity index (χ0n) is 10.6. The minimum atomic E-state index is -0.257. The Hall–Kier alpha value is -1.59. The normalized spacial score (nSPS) is 12.2. The molecule has 0 bridgehead atoms. The fraction of sp³-hybridized carbons (Fsp3) is 0.308. The van der Waals surface area contributed by atoms with Crippen LogP contribution in [-0.4, -0.2) is 19.2 Å². The van der Waals surface area contributed by atoms with Gasteiger partial charge in [0.25, 0.3) is 0 Å². The Morgan fingerprint density at radius 1 is 1.17 bits per heavy atom. The zero-order valence-corrected chi connectivity index (χ0v) is 11.5. The number of rotatable bonds is 4. The number of thiazole rings is 1. The van der Waals surface area contributed by atoms with Crippen molar-refractivity contribution < 1.29 is 9.47 Å². The molecule has 5 heteroatoms. The first-order chi connectivity index (χ1) is 8.63. The van der Waals surface area contributed by atoms with E-state index in [4.69, 9.17) is 15.2 Å². The van der Waals surface area contributed by atoms with Gasteiger partial charge in [0, 0.05) is 17.1 Å². The molecule has 2 N–H and O–H groups in total. The lowest BCUT2D eigenvalue weighted by Gasteiger charge is -2.12. The highest BCUT2D eigenvalue weighted by molar-refractivity contribution is 7.09. The molecule has 96 valence electrons. The first-order valence-electron chi connectivity index (χ1n) is 5.54. The number of hydrogen-bond acceptors (Lipinski definition) is 5. The lowest BCUT2D eigenvalue weighted by atomic mass is 10.1. The van der Waals surface area contributed by atoms with Crippen molar-refractivity contribution in [2.75, 3.05) is 14.2 Å². The van der Waals surface area contributed by atoms with Gasteiger partial charge < -0.3 is 15.2 Å². The van der Waals surface area contributed by atoms with E-state index in [9.17, 15) is 0 Å². The van der Waals surface area contributed by atoms with E-state index in [0.717, 1.165) is 27.8 Å². The summed E-state index contributed by atoms with van der Waals surface area (Å²) in [6, 6.07) is 5.38. The van der Waals surface area contributed by atoms with E-state index < -0.39 is 0 Å². The molecule has 0 aliphatic carbocycles. The van der Waals surface area contributed by atoms with E-state index >= 15 is 0 Å². The second kappa shape index (κ2) is 5.37. The molecule has 1 aromatic heterocycles. The molecule has 1 aromatic carbocycles. The van der Waals surface area contributed by atoms with Crippen LogP contribution in [-0.2, 0) is 0 Å². The first-order valence-corrected chi connectivity index (χ1v) is 6.42. The Morgan fingerprint density at radius 2 is 1.78 bits per heavy atom. The van der Waals surface area contributed by atoms with Crippen molar-refractivity contribution in [2.24, 2.45) is 5.73 Å². The number of aromatic nitrogens is 1. The summed E-state index contributed by atoms with van der Waals surface area (Å²) >= 11 is 1.56. The van der Waals surface area contributed by atoms with Crippen molar-refractivity contribution in [1.82, 2.24) is 4.98 Å². The molecule has 0 spiro atoms. The Bertz CT molecular complexity index is 517. The van der Waals surface area contributed by atoms with Crippen molar-refractivity contribution >= 4 is 11.3 Å². The fourth-order valence-electron chi connectivity index (χ4n) is 1.67. The van der Waals surface area contributed by atoms with Gasteiger partial charge >= 0.3 is 0 Å². The molecule has 0 aliphatic heterocycles. The molecule has 1 heterocycles. The largest absolute Gasteiger partial charge is 0.497 e. The molecule has 18 heavy (non-hydrogen) atoms. The van der Waals surface area contributed by atoms with Crippen molar-refractivity contribution in [3.05, 3.63) is 39.8 Å². The van der Waals surface area contributed by atoms with E-state index in [0.29, 0.717) is 0 Å². The van der Waals surface area contributed by atoms with E-state index in [2.05, 4.69) is 4.98 Å². The van der Waals surface area contributed by atoms with Crippen LogP contribution in [0.4, 0.5) is 0 Å². The predicted molar refractivity (Wildman–Crippen MR) is 72.4 cm³/mol. The van der Waals surface area contributed by atoms with Crippen molar-refractivity contribution in [3.8, 4) is 11.5 Å². The Balaban J connectivity index is 2.37. The van der Waals surface area contributed by atoms with Crippen molar-refractivity contribution in [3.63, 3.8) is 0 Å². The number of benzene rings is 1. The molecule has 1 atom stereocenters. The smallest absolute Gasteiger partial charge is 0.122 e. The van der Waals surface area contributed by atoms with Gasteiger partial charge in [-0.2, -0.15) is 0 Å². The third-order valence-corrected chi connectivity index (χ3v) is 3.68. The second-order valence-corrected chi connectivity index (χ2v) is 4.84. The molecular formula is C13H16N2O2S. The second-order valence-electron chi connectivity index (χ2n) is 3.95. The third-order valence-electron chi connectivity index (χ3n) is 2.64. The Morgan fingerprint density at radius 3 is 2.22 bits per heavy atom. The van der Waals surface area contributed by atoms with Gasteiger partial charge in [0.1, 0.15) is 16.5 Å². The standard InChI is InChI=1S/C13H16N2O2S/c1-8-7-18-13(15-8)12(14)9-4-10(16-2)6-11(5-9)17-3/h4-7,12H,14H2,1-3H3. The molecule has 0 radical (unpaired) electrons. The minimum Gasteiger partial charge on any atom is -0.497 e. The van der Waals surface area contributed by atoms with E-state index in [1.54, 1.807) is 25.6 Å². The number of ether oxygens (including phenoxy) is 2. The maximum atomic E-state index is 6.21. The van der Waals surface area contributed by atoms with E-state index in [-0.39, 0.29) is 6.04 Å². The van der Waals surface area contributed by atoms with Gasteiger partial charge in [-0.25, -0.2) is 4.98 Å². The van der Waals surface area contributed by atoms with Gasteiger partial charge in [-0.05, 0) is 24.6 Å². The molecule has 0 fully saturated rings. The summed E-state index contributed by atoms with van der Waals surface area (Å²) in [5, 5.41) is 2.88. The molecule has 0 amide bonds. The van der Waals surface area contributed by atoms with Crippen LogP contribution >= 0.6 is 11.3 Å². The van der Waals surface area contributed by atoms with Gasteiger partial charge in [0.05, 0.1) is 20.3 Å². The van der Waals surface area contributed by atoms with Crippen molar-refractivity contribution in [1.29, 1.82) is 0 Å². The summed E-state index contributed by atoms with van der Waals surface area (Å²) in [5.41, 5.74) is 8.13. The number of aryl methyl sites for hydroxylation is 1. The SMILES string of the molecule is COc1cc(OC)cc(C(N)c2nc(C)cs2)c1. The van der Waals surface area contributed by atoms with Crippen LogP contribution in [0.25, 0.3) is 0 Å². The van der Waals surface area contributed by atoms with Crippen LogP contribution in [0.3, 0.4) is 0 Å². The molecule has 4 nitrogen and oxygen atoms in total. The topological polar surface area (TPSA) is 57.4 Å². The monoisotopic (exact) mass is 264 g/mol. The van der Waals surface area contributed by atoms with Crippen molar-refractivity contribution in [2.45, 2.75) is 13.0 Å². The van der Waals surface area contributed by atoms with Gasteiger partial charge in [-0.3, -0.25) is 0 Å². The van der Waals surface area contributed by atoms with Crippen LogP contribution in [0.5, 0.6) is 11.5 Å². The quantitative estimate of drug-likeness (QED) is 0.922. The highest BCUT2D eigenvalue weighted by atomic mass is 32.1. The average molecular weight is 264 g/mol. The predicted octanol–water partition coefficient (Wildman–Crippen LogP) is 2.52. The highest BCUT2D eigenvalue weighted by Crippen LogP contribution is 2.29. The zero-order chi connectivity index (χ0) is 13.1. The molecule has 0 aliphatic rings. The summed E-state index contributed by atoms with van der Waals surface area (Å²) in [6.45, 7) is 1.96. The number of hydrogen-bond donors (Lipinski definition) is 1. The Labute approximate surface area is 110 Å². The number of nitrogens with zero attached hydrogens (tertiary/aromatic N) is 1. The Kier molecular flexibility index (Phi) is 3.84. The fourth-order valence-corrected chi connectivity index (χ4v) is 2.49. The van der Waals surface area contributed by atoms with Crippen LogP contribution < -0.4 is 15.2 Å². The summed E-state index contributed by atoms with van der Waals surface area (Å²) < 4.78 is 10.5. The molecule has 0 saturated carbocycles. The van der Waals surface area contributed by atoms with Crippen LogP contribution in [0.2, 0.25) is 0 Å². The summed E-state index contributed by atoms with van der Waals surface area (Å²) in [4.78, 5) is 4.41. The molecule has 2 rings (SSSR count). The van der Waals surface area contributed by atoms with Gasteiger partial charge in [0.15, 0.2) is 0 Å². The van der Waals surface area contributed by atoms with Gasteiger partial charge in [0.2, 0.25) is 0 Å². The minimum absolute atomic E-state index is 0.257. The number of nitrogens with two attached hydrogens (primary N) is 1. The maximum absolute atomic E-state index is 6.21. The molecule has 2 aromatic rings. The van der Waals surface area contributed by atoms with Crippen LogP contribution in [0.1, 0.15) is 22.3 Å². The van der Waals surface area contributed by atoms with Gasteiger partial charge in [-0.15, -0.1) is 11.3 Å². The first kappa shape index (κ1) is 12.9. The van der Waals surface area contributed by atoms with Crippen LogP contribution in [0, 0.1) is 6.92 Å². The lowest BCUT2D eigenvalue weighted by molar-refractivity contribution is 0.393. The van der Waals surface area contributed by atoms with E-state index in [1.165, 1.54) is 0 Å². The lowest BCUT2D eigenvalue weighted by Crippen LogP contribution is -2.12. The highest BCUT2D eigenvalue weighted by Gasteiger charge is 2.14. The summed E-state index contributed by atoms with van der Waals surface area (Å²) in [5.74, 6) is 1.46. The number of methoxy groups -OCH3 is 2. The van der Waals surface area contributed by atoms with Crippen LogP contribution in [0.15, 0.2) is 23.6 Å². The molecular weight excluding hydrogens is 248 g/mol. The summed E-state index contributed by atoms with van der Waals surface area (Å²) in [6.07, 6.45) is 0. The third kappa shape index (κ3) is 2.63.